The van der Waals surface area contributed by atoms with Crippen molar-refractivity contribution in [3.8, 4) is 0 Å². The Morgan fingerprint density at radius 3 is 2.37 bits per heavy atom. The summed E-state index contributed by atoms with van der Waals surface area (Å²) >= 11 is 5.83. The molecule has 1 unspecified atom stereocenters. The van der Waals surface area contributed by atoms with Gasteiger partial charge in [0.15, 0.2) is 0 Å². The molecule has 106 valence electrons. The van der Waals surface area contributed by atoms with Gasteiger partial charge in [0.25, 0.3) is 0 Å². The van der Waals surface area contributed by atoms with Crippen molar-refractivity contribution in [2.75, 3.05) is 6.54 Å². The van der Waals surface area contributed by atoms with Crippen LogP contribution in [0.1, 0.15) is 33.3 Å². The zero-order chi connectivity index (χ0) is 14.5. The molecule has 0 aliphatic rings. The van der Waals surface area contributed by atoms with Crippen molar-refractivity contribution >= 4 is 17.5 Å². The van der Waals surface area contributed by atoms with E-state index in [2.05, 4.69) is 10.6 Å². The fourth-order valence-corrected chi connectivity index (χ4v) is 1.78. The van der Waals surface area contributed by atoms with E-state index in [0.29, 0.717) is 0 Å². The molecule has 3 nitrogen and oxygen atoms in total. The second-order valence-electron chi connectivity index (χ2n) is 5.79. The molecule has 0 aliphatic heterocycles. The zero-order valence-electron chi connectivity index (χ0n) is 12.1. The molecular weight excluding hydrogens is 260 g/mol. The molecule has 1 aromatic rings. The molecule has 0 spiro atoms. The first kappa shape index (κ1) is 16.0. The highest BCUT2D eigenvalue weighted by Gasteiger charge is 2.18. The SMILES string of the molecule is CC(NCCc1ccc(Cl)cc1)C(=O)NC(C)(C)C. The molecule has 1 amide bonds. The van der Waals surface area contributed by atoms with Gasteiger partial charge in [0.05, 0.1) is 6.04 Å². The number of nitrogens with one attached hydrogen (secondary N) is 2. The van der Waals surface area contributed by atoms with Crippen molar-refractivity contribution in [2.24, 2.45) is 0 Å². The highest BCUT2D eigenvalue weighted by atomic mass is 35.5. The van der Waals surface area contributed by atoms with Crippen molar-refractivity contribution in [1.82, 2.24) is 10.6 Å². The quantitative estimate of drug-likeness (QED) is 0.872. The van der Waals surface area contributed by atoms with Gasteiger partial charge in [-0.15, -0.1) is 0 Å². The molecule has 4 heteroatoms. The average Bonchev–Trinajstić information content (AvgIpc) is 2.29. The van der Waals surface area contributed by atoms with Crippen LogP contribution in [-0.4, -0.2) is 24.0 Å². The van der Waals surface area contributed by atoms with Crippen LogP contribution in [0, 0.1) is 0 Å². The molecule has 0 aromatic heterocycles. The lowest BCUT2D eigenvalue weighted by Crippen LogP contribution is -2.49. The van der Waals surface area contributed by atoms with Crippen molar-refractivity contribution in [3.05, 3.63) is 34.9 Å². The van der Waals surface area contributed by atoms with Crippen LogP contribution in [0.4, 0.5) is 0 Å². The highest BCUT2D eigenvalue weighted by Crippen LogP contribution is 2.09. The average molecular weight is 283 g/mol. The molecule has 1 rings (SSSR count). The fourth-order valence-electron chi connectivity index (χ4n) is 1.65. The summed E-state index contributed by atoms with van der Waals surface area (Å²) in [5.74, 6) is 0.0311. The summed E-state index contributed by atoms with van der Waals surface area (Å²) in [6.45, 7) is 8.57. The molecule has 0 saturated heterocycles. The van der Waals surface area contributed by atoms with Gasteiger partial charge >= 0.3 is 0 Å². The normalized spacial score (nSPS) is 13.1. The Kier molecular flexibility index (Phi) is 5.83. The van der Waals surface area contributed by atoms with Crippen LogP contribution in [0.2, 0.25) is 5.02 Å². The molecule has 0 aliphatic carbocycles. The molecule has 0 bridgehead atoms. The Labute approximate surface area is 120 Å². The minimum atomic E-state index is -0.191. The van der Waals surface area contributed by atoms with Gasteiger partial charge in [-0.1, -0.05) is 23.7 Å². The van der Waals surface area contributed by atoms with Crippen LogP contribution in [0.15, 0.2) is 24.3 Å². The molecule has 1 atom stereocenters. The summed E-state index contributed by atoms with van der Waals surface area (Å²) in [6, 6.07) is 7.58. The van der Waals surface area contributed by atoms with E-state index in [1.54, 1.807) is 0 Å². The Morgan fingerprint density at radius 1 is 1.26 bits per heavy atom. The minimum Gasteiger partial charge on any atom is -0.350 e. The standard InChI is InChI=1S/C15H23ClN2O/c1-11(14(19)18-15(2,3)4)17-10-9-12-5-7-13(16)8-6-12/h5-8,11,17H,9-10H2,1-4H3,(H,18,19). The molecule has 0 heterocycles. The number of carbonyl (C=O) groups is 1. The molecule has 0 radical (unpaired) electrons. The number of carbonyl (C=O) groups excluding carboxylic acids is 1. The molecule has 0 fully saturated rings. The number of rotatable bonds is 5. The molecular formula is C15H23ClN2O. The van der Waals surface area contributed by atoms with Crippen LogP contribution in [0.25, 0.3) is 0 Å². The maximum atomic E-state index is 11.9. The van der Waals surface area contributed by atoms with Crippen LogP contribution in [0.5, 0.6) is 0 Å². The molecule has 1 aromatic carbocycles. The number of benzene rings is 1. The Morgan fingerprint density at radius 2 is 1.84 bits per heavy atom. The maximum absolute atomic E-state index is 11.9. The van der Waals surface area contributed by atoms with E-state index in [9.17, 15) is 4.79 Å². The third-order valence-corrected chi connectivity index (χ3v) is 2.92. The topological polar surface area (TPSA) is 41.1 Å². The monoisotopic (exact) mass is 282 g/mol. The summed E-state index contributed by atoms with van der Waals surface area (Å²) in [7, 11) is 0. The molecule has 2 N–H and O–H groups in total. The third-order valence-electron chi connectivity index (χ3n) is 2.67. The van der Waals surface area contributed by atoms with Gasteiger partial charge in [-0.3, -0.25) is 4.79 Å². The Balaban J connectivity index is 2.32. The second-order valence-corrected chi connectivity index (χ2v) is 6.23. The van der Waals surface area contributed by atoms with Crippen molar-refractivity contribution in [3.63, 3.8) is 0 Å². The van der Waals surface area contributed by atoms with E-state index in [0.717, 1.165) is 18.0 Å². The zero-order valence-corrected chi connectivity index (χ0v) is 12.8. The van der Waals surface area contributed by atoms with E-state index >= 15 is 0 Å². The van der Waals surface area contributed by atoms with E-state index in [-0.39, 0.29) is 17.5 Å². The third kappa shape index (κ3) is 6.60. The van der Waals surface area contributed by atoms with Gasteiger partial charge in [-0.2, -0.15) is 0 Å². The first-order chi connectivity index (χ1) is 8.78. The van der Waals surface area contributed by atoms with Gasteiger partial charge in [-0.25, -0.2) is 0 Å². The van der Waals surface area contributed by atoms with Crippen molar-refractivity contribution in [2.45, 2.75) is 45.7 Å². The van der Waals surface area contributed by atoms with Gasteiger partial charge in [-0.05, 0) is 58.4 Å². The predicted octanol–water partition coefficient (Wildman–Crippen LogP) is 2.78. The summed E-state index contributed by atoms with van der Waals surface area (Å²) in [6.07, 6.45) is 0.879. The lowest BCUT2D eigenvalue weighted by atomic mass is 10.1. The van der Waals surface area contributed by atoms with E-state index in [1.165, 1.54) is 5.56 Å². The van der Waals surface area contributed by atoms with Crippen molar-refractivity contribution < 1.29 is 4.79 Å². The number of hydrogen-bond acceptors (Lipinski definition) is 2. The summed E-state index contributed by atoms with van der Waals surface area (Å²) in [4.78, 5) is 11.9. The lowest BCUT2D eigenvalue weighted by Gasteiger charge is -2.23. The van der Waals surface area contributed by atoms with E-state index in [1.807, 2.05) is 52.0 Å². The summed E-state index contributed by atoms with van der Waals surface area (Å²) in [5, 5.41) is 6.92. The van der Waals surface area contributed by atoms with E-state index in [4.69, 9.17) is 11.6 Å². The van der Waals surface area contributed by atoms with Gasteiger partial charge in [0.2, 0.25) is 5.91 Å². The summed E-state index contributed by atoms with van der Waals surface area (Å²) in [5.41, 5.74) is 1.02. The van der Waals surface area contributed by atoms with Crippen LogP contribution in [-0.2, 0) is 11.2 Å². The smallest absolute Gasteiger partial charge is 0.237 e. The van der Waals surface area contributed by atoms with Crippen molar-refractivity contribution in [1.29, 1.82) is 0 Å². The van der Waals surface area contributed by atoms with Gasteiger partial charge in [0, 0.05) is 10.6 Å². The number of halogens is 1. The minimum absolute atomic E-state index is 0.0311. The van der Waals surface area contributed by atoms with E-state index < -0.39 is 0 Å². The lowest BCUT2D eigenvalue weighted by molar-refractivity contribution is -0.124. The molecule has 0 saturated carbocycles. The largest absolute Gasteiger partial charge is 0.350 e. The van der Waals surface area contributed by atoms with Gasteiger partial charge < -0.3 is 10.6 Å². The first-order valence-corrected chi connectivity index (χ1v) is 6.95. The van der Waals surface area contributed by atoms with Gasteiger partial charge in [0.1, 0.15) is 0 Å². The molecule has 19 heavy (non-hydrogen) atoms. The maximum Gasteiger partial charge on any atom is 0.237 e. The van der Waals surface area contributed by atoms with Crippen LogP contribution >= 0.6 is 11.6 Å². The Hall–Kier alpha value is -1.06. The Bertz CT molecular complexity index is 409. The van der Waals surface area contributed by atoms with Crippen LogP contribution in [0.3, 0.4) is 0 Å². The highest BCUT2D eigenvalue weighted by molar-refractivity contribution is 6.30. The predicted molar refractivity (Wildman–Crippen MR) is 80.5 cm³/mol. The first-order valence-electron chi connectivity index (χ1n) is 6.58. The summed E-state index contributed by atoms with van der Waals surface area (Å²) < 4.78 is 0. The number of hydrogen-bond donors (Lipinski definition) is 2. The fraction of sp³-hybridized carbons (Fsp3) is 0.533. The van der Waals surface area contributed by atoms with Crippen LogP contribution < -0.4 is 10.6 Å². The number of amides is 1. The second kappa shape index (κ2) is 6.92.